The first-order valence-corrected chi connectivity index (χ1v) is 10.0. The maximum absolute atomic E-state index is 13.2. The Labute approximate surface area is 164 Å². The molecule has 3 aliphatic rings. The van der Waals surface area contributed by atoms with Crippen LogP contribution in [0.25, 0.3) is 0 Å². The predicted octanol–water partition coefficient (Wildman–Crippen LogP) is -0.558. The molecule has 1 unspecified atom stereocenters. The maximum Gasteiger partial charge on any atom is 0.255 e. The average molecular weight is 385 g/mol. The van der Waals surface area contributed by atoms with Gasteiger partial charge in [-0.2, -0.15) is 0 Å². The first kappa shape index (κ1) is 19.0. The molecule has 3 amide bonds. The number of carbonyl (C=O) groups is 3. The molecule has 4 rings (SSSR count). The molecule has 28 heavy (non-hydrogen) atoms. The largest absolute Gasteiger partial charge is 0.322 e. The molecule has 150 valence electrons. The lowest BCUT2D eigenvalue weighted by Crippen LogP contribution is -2.52. The summed E-state index contributed by atoms with van der Waals surface area (Å²) in [7, 11) is 0. The van der Waals surface area contributed by atoms with Crippen molar-refractivity contribution in [2.24, 2.45) is 0 Å². The molecule has 2 fully saturated rings. The SMILES string of the molecule is O=C1CCC(N2Cc3cccc(CN4CCNCCNCC4)c3C2=O)C(=O)N1. The van der Waals surface area contributed by atoms with E-state index in [1.807, 2.05) is 18.2 Å². The first-order valence-electron chi connectivity index (χ1n) is 10.0. The van der Waals surface area contributed by atoms with Crippen LogP contribution < -0.4 is 16.0 Å². The Kier molecular flexibility index (Phi) is 5.70. The number of piperidine rings is 1. The molecule has 3 N–H and O–H groups in total. The minimum Gasteiger partial charge on any atom is -0.322 e. The first-order chi connectivity index (χ1) is 13.6. The Balaban J connectivity index is 1.51. The number of fused-ring (bicyclic) bond motifs is 1. The van der Waals surface area contributed by atoms with Crippen molar-refractivity contribution in [2.45, 2.75) is 32.0 Å². The standard InChI is InChI=1S/C20H27N5O3/c26-17-5-4-16(19(27)23-17)25-13-15-3-1-2-14(18(15)20(25)28)12-24-10-8-21-6-7-22-9-11-24/h1-3,16,21-22H,4-13H2,(H,23,26,27). The van der Waals surface area contributed by atoms with Crippen molar-refractivity contribution in [3.8, 4) is 0 Å². The zero-order chi connectivity index (χ0) is 19.5. The van der Waals surface area contributed by atoms with Gasteiger partial charge in [0, 0.05) is 64.3 Å². The smallest absolute Gasteiger partial charge is 0.255 e. The molecule has 3 aliphatic heterocycles. The molecule has 8 nitrogen and oxygen atoms in total. The molecule has 8 heteroatoms. The third-order valence-corrected chi connectivity index (χ3v) is 5.72. The third kappa shape index (κ3) is 3.94. The van der Waals surface area contributed by atoms with Gasteiger partial charge in [0.05, 0.1) is 0 Å². The topological polar surface area (TPSA) is 93.8 Å². The van der Waals surface area contributed by atoms with E-state index in [2.05, 4.69) is 20.9 Å². The number of benzene rings is 1. The van der Waals surface area contributed by atoms with E-state index in [9.17, 15) is 14.4 Å². The number of amides is 3. The van der Waals surface area contributed by atoms with Gasteiger partial charge in [-0.1, -0.05) is 18.2 Å². The Bertz CT molecular complexity index is 771. The zero-order valence-corrected chi connectivity index (χ0v) is 16.0. The van der Waals surface area contributed by atoms with Gasteiger partial charge in [-0.25, -0.2) is 0 Å². The van der Waals surface area contributed by atoms with Crippen molar-refractivity contribution >= 4 is 17.7 Å². The Morgan fingerprint density at radius 2 is 1.75 bits per heavy atom. The van der Waals surface area contributed by atoms with E-state index in [1.54, 1.807) is 4.90 Å². The van der Waals surface area contributed by atoms with E-state index in [4.69, 9.17) is 0 Å². The number of carbonyl (C=O) groups excluding carboxylic acids is 3. The molecule has 0 aromatic heterocycles. The van der Waals surface area contributed by atoms with Crippen LogP contribution in [0.2, 0.25) is 0 Å². The number of nitrogens with zero attached hydrogens (tertiary/aromatic N) is 2. The lowest BCUT2D eigenvalue weighted by molar-refractivity contribution is -0.136. The highest BCUT2D eigenvalue weighted by Gasteiger charge is 2.40. The fourth-order valence-corrected chi connectivity index (χ4v) is 4.23. The van der Waals surface area contributed by atoms with Crippen LogP contribution in [0.4, 0.5) is 0 Å². The quantitative estimate of drug-likeness (QED) is 0.604. The van der Waals surface area contributed by atoms with Gasteiger partial charge in [-0.05, 0) is 17.5 Å². The monoisotopic (exact) mass is 385 g/mol. The Morgan fingerprint density at radius 3 is 2.46 bits per heavy atom. The summed E-state index contributed by atoms with van der Waals surface area (Å²) >= 11 is 0. The molecule has 2 saturated heterocycles. The molecule has 1 aromatic carbocycles. The van der Waals surface area contributed by atoms with Crippen LogP contribution in [-0.2, 0) is 22.7 Å². The summed E-state index contributed by atoms with van der Waals surface area (Å²) in [5.74, 6) is -0.724. The van der Waals surface area contributed by atoms with Crippen LogP contribution in [0.5, 0.6) is 0 Å². The van der Waals surface area contributed by atoms with Crippen molar-refractivity contribution in [1.82, 2.24) is 25.8 Å². The summed E-state index contributed by atoms with van der Waals surface area (Å²) in [5, 5.41) is 9.18. The molecule has 0 bridgehead atoms. The maximum atomic E-state index is 13.2. The summed E-state index contributed by atoms with van der Waals surface area (Å²) in [5.41, 5.74) is 2.71. The van der Waals surface area contributed by atoms with Crippen molar-refractivity contribution < 1.29 is 14.4 Å². The molecule has 3 heterocycles. The van der Waals surface area contributed by atoms with Gasteiger partial charge in [0.1, 0.15) is 6.04 Å². The molecule has 1 aromatic rings. The number of hydrogen-bond acceptors (Lipinski definition) is 6. The zero-order valence-electron chi connectivity index (χ0n) is 16.0. The molecule has 0 spiro atoms. The molecular weight excluding hydrogens is 358 g/mol. The van der Waals surface area contributed by atoms with Gasteiger partial charge >= 0.3 is 0 Å². The highest BCUT2D eigenvalue weighted by molar-refractivity contribution is 6.05. The van der Waals surface area contributed by atoms with Gasteiger partial charge in [0.2, 0.25) is 11.8 Å². The van der Waals surface area contributed by atoms with Crippen LogP contribution in [0.15, 0.2) is 18.2 Å². The third-order valence-electron chi connectivity index (χ3n) is 5.72. The van der Waals surface area contributed by atoms with Crippen LogP contribution in [0.3, 0.4) is 0 Å². The van der Waals surface area contributed by atoms with Gasteiger partial charge < -0.3 is 15.5 Å². The molecule has 0 aliphatic carbocycles. The highest BCUT2D eigenvalue weighted by atomic mass is 16.2. The van der Waals surface area contributed by atoms with Gasteiger partial charge in [0.25, 0.3) is 5.91 Å². The van der Waals surface area contributed by atoms with E-state index in [0.717, 1.165) is 56.0 Å². The van der Waals surface area contributed by atoms with E-state index in [1.165, 1.54) is 0 Å². The summed E-state index contributed by atoms with van der Waals surface area (Å²) in [6, 6.07) is 5.40. The second kappa shape index (κ2) is 8.38. The van der Waals surface area contributed by atoms with Crippen LogP contribution in [-0.4, -0.2) is 72.8 Å². The minimum atomic E-state index is -0.566. The van der Waals surface area contributed by atoms with E-state index in [0.29, 0.717) is 19.5 Å². The fraction of sp³-hybridized carbons (Fsp3) is 0.550. The molecule has 0 saturated carbocycles. The average Bonchev–Trinajstić information content (AvgIpc) is 3.06. The van der Waals surface area contributed by atoms with Gasteiger partial charge in [-0.3, -0.25) is 24.6 Å². The van der Waals surface area contributed by atoms with Crippen molar-refractivity contribution in [3.63, 3.8) is 0 Å². The predicted molar refractivity (Wildman–Crippen MR) is 104 cm³/mol. The lowest BCUT2D eigenvalue weighted by Gasteiger charge is -2.29. The van der Waals surface area contributed by atoms with Gasteiger partial charge in [0.15, 0.2) is 0 Å². The van der Waals surface area contributed by atoms with E-state index >= 15 is 0 Å². The molecular formula is C20H27N5O3. The number of hydrogen-bond donors (Lipinski definition) is 3. The van der Waals surface area contributed by atoms with Crippen LogP contribution in [0.1, 0.15) is 34.3 Å². The van der Waals surface area contributed by atoms with Crippen molar-refractivity contribution in [1.29, 1.82) is 0 Å². The van der Waals surface area contributed by atoms with E-state index < -0.39 is 6.04 Å². The summed E-state index contributed by atoms with van der Waals surface area (Å²) in [4.78, 5) is 40.8. The normalized spacial score (nSPS) is 24.4. The van der Waals surface area contributed by atoms with Crippen LogP contribution in [0, 0.1) is 0 Å². The lowest BCUT2D eigenvalue weighted by atomic mass is 10.0. The van der Waals surface area contributed by atoms with Crippen molar-refractivity contribution in [2.75, 3.05) is 39.3 Å². The van der Waals surface area contributed by atoms with Crippen LogP contribution >= 0.6 is 0 Å². The van der Waals surface area contributed by atoms with E-state index in [-0.39, 0.29) is 24.1 Å². The summed E-state index contributed by atoms with van der Waals surface area (Å²) in [6.07, 6.45) is 0.667. The number of rotatable bonds is 3. The molecule has 1 atom stereocenters. The highest BCUT2D eigenvalue weighted by Crippen LogP contribution is 2.30. The number of imide groups is 1. The van der Waals surface area contributed by atoms with Gasteiger partial charge in [-0.15, -0.1) is 0 Å². The second-order valence-electron chi connectivity index (χ2n) is 7.63. The Morgan fingerprint density at radius 1 is 1.00 bits per heavy atom. The van der Waals surface area contributed by atoms with Crippen molar-refractivity contribution in [3.05, 3.63) is 34.9 Å². The fourth-order valence-electron chi connectivity index (χ4n) is 4.23. The summed E-state index contributed by atoms with van der Waals surface area (Å²) in [6.45, 7) is 6.77. The summed E-state index contributed by atoms with van der Waals surface area (Å²) < 4.78 is 0. The molecule has 0 radical (unpaired) electrons. The minimum absolute atomic E-state index is 0.0967. The number of nitrogens with one attached hydrogen (secondary N) is 3. The Hall–Kier alpha value is -2.29. The second-order valence-corrected chi connectivity index (χ2v) is 7.63.